The summed E-state index contributed by atoms with van der Waals surface area (Å²) in [5, 5.41) is 6.77. The minimum atomic E-state index is -3.08. The molecule has 1 heterocycles. The third-order valence-corrected chi connectivity index (χ3v) is 7.02. The summed E-state index contributed by atoms with van der Waals surface area (Å²) in [6.45, 7) is 12.9. The lowest BCUT2D eigenvalue weighted by Crippen LogP contribution is -2.50. The van der Waals surface area contributed by atoms with Gasteiger partial charge in [0.1, 0.15) is 0 Å². The molecular formula is C21H36N4O2S. The lowest BCUT2D eigenvalue weighted by Gasteiger charge is -2.32. The molecule has 1 aliphatic heterocycles. The SMILES string of the molecule is CCNC(=NCc1ccc(C(C)(C)C)cc1)NC1CCN(S(=O)(=O)CC)CC1. The summed E-state index contributed by atoms with van der Waals surface area (Å²) in [7, 11) is -3.08. The van der Waals surface area contributed by atoms with Gasteiger partial charge in [-0.2, -0.15) is 0 Å². The highest BCUT2D eigenvalue weighted by Gasteiger charge is 2.27. The second-order valence-corrected chi connectivity index (χ2v) is 10.6. The number of aliphatic imine (C=N–C) groups is 1. The fourth-order valence-electron chi connectivity index (χ4n) is 3.25. The number of nitrogens with zero attached hydrogens (tertiary/aromatic N) is 2. The second kappa shape index (κ2) is 9.74. The van der Waals surface area contributed by atoms with Gasteiger partial charge in [0.05, 0.1) is 12.3 Å². The quantitative estimate of drug-likeness (QED) is 0.561. The van der Waals surface area contributed by atoms with E-state index in [-0.39, 0.29) is 17.2 Å². The number of benzene rings is 1. The Morgan fingerprint density at radius 2 is 1.75 bits per heavy atom. The third-order valence-electron chi connectivity index (χ3n) is 5.14. The van der Waals surface area contributed by atoms with Crippen molar-refractivity contribution in [2.75, 3.05) is 25.4 Å². The van der Waals surface area contributed by atoms with E-state index in [0.717, 1.165) is 25.3 Å². The number of guanidine groups is 1. The Morgan fingerprint density at radius 1 is 1.14 bits per heavy atom. The molecule has 0 radical (unpaired) electrons. The first-order chi connectivity index (χ1) is 13.2. The number of piperidine rings is 1. The summed E-state index contributed by atoms with van der Waals surface area (Å²) < 4.78 is 25.6. The third kappa shape index (κ3) is 6.48. The van der Waals surface area contributed by atoms with E-state index in [9.17, 15) is 8.42 Å². The zero-order valence-electron chi connectivity index (χ0n) is 18.0. The Hall–Kier alpha value is -1.60. The van der Waals surface area contributed by atoms with Crippen molar-refractivity contribution in [3.8, 4) is 0 Å². The molecule has 0 aromatic heterocycles. The van der Waals surface area contributed by atoms with E-state index in [4.69, 9.17) is 4.99 Å². The number of rotatable bonds is 6. The van der Waals surface area contributed by atoms with E-state index in [1.54, 1.807) is 11.2 Å². The minimum absolute atomic E-state index is 0.151. The van der Waals surface area contributed by atoms with Gasteiger partial charge in [-0.3, -0.25) is 0 Å². The molecule has 0 unspecified atom stereocenters. The molecule has 158 valence electrons. The van der Waals surface area contributed by atoms with Crippen LogP contribution in [0.2, 0.25) is 0 Å². The van der Waals surface area contributed by atoms with Crippen molar-refractivity contribution >= 4 is 16.0 Å². The van der Waals surface area contributed by atoms with Gasteiger partial charge in [-0.15, -0.1) is 0 Å². The first kappa shape index (κ1) is 22.7. The molecule has 28 heavy (non-hydrogen) atoms. The molecule has 1 saturated heterocycles. The monoisotopic (exact) mass is 408 g/mol. The zero-order chi connectivity index (χ0) is 20.8. The van der Waals surface area contributed by atoms with Crippen molar-refractivity contribution in [2.24, 2.45) is 4.99 Å². The Morgan fingerprint density at radius 3 is 2.25 bits per heavy atom. The molecule has 2 rings (SSSR count). The molecule has 1 aliphatic rings. The van der Waals surface area contributed by atoms with Crippen LogP contribution in [0.4, 0.5) is 0 Å². The number of hydrogen-bond acceptors (Lipinski definition) is 3. The van der Waals surface area contributed by atoms with E-state index < -0.39 is 10.0 Å². The lowest BCUT2D eigenvalue weighted by molar-refractivity contribution is 0.306. The van der Waals surface area contributed by atoms with Crippen LogP contribution in [0.5, 0.6) is 0 Å². The van der Waals surface area contributed by atoms with Crippen molar-refractivity contribution in [3.05, 3.63) is 35.4 Å². The van der Waals surface area contributed by atoms with Gasteiger partial charge in [0.2, 0.25) is 10.0 Å². The Bertz CT molecular complexity index is 744. The molecule has 1 fully saturated rings. The molecule has 0 spiro atoms. The molecular weight excluding hydrogens is 372 g/mol. The van der Waals surface area contributed by atoms with E-state index in [1.165, 1.54) is 11.1 Å². The molecule has 0 saturated carbocycles. The fraction of sp³-hybridized carbons (Fsp3) is 0.667. The van der Waals surface area contributed by atoms with Crippen LogP contribution >= 0.6 is 0 Å². The smallest absolute Gasteiger partial charge is 0.213 e. The maximum atomic E-state index is 12.0. The summed E-state index contributed by atoms with van der Waals surface area (Å²) in [5.74, 6) is 0.961. The second-order valence-electron chi connectivity index (χ2n) is 8.36. The summed E-state index contributed by atoms with van der Waals surface area (Å²) >= 11 is 0. The van der Waals surface area contributed by atoms with Crippen molar-refractivity contribution in [2.45, 2.75) is 65.5 Å². The minimum Gasteiger partial charge on any atom is -0.357 e. The predicted molar refractivity (Wildman–Crippen MR) is 117 cm³/mol. The van der Waals surface area contributed by atoms with Crippen molar-refractivity contribution in [1.82, 2.24) is 14.9 Å². The van der Waals surface area contributed by atoms with E-state index >= 15 is 0 Å². The van der Waals surface area contributed by atoms with Gasteiger partial charge in [0.25, 0.3) is 0 Å². The average Bonchev–Trinajstić information content (AvgIpc) is 2.66. The van der Waals surface area contributed by atoms with Crippen LogP contribution in [0.25, 0.3) is 0 Å². The van der Waals surface area contributed by atoms with Crippen LogP contribution in [-0.4, -0.2) is 50.1 Å². The number of sulfonamides is 1. The van der Waals surface area contributed by atoms with Gasteiger partial charge >= 0.3 is 0 Å². The zero-order valence-corrected chi connectivity index (χ0v) is 18.8. The maximum absolute atomic E-state index is 12.0. The highest BCUT2D eigenvalue weighted by molar-refractivity contribution is 7.89. The van der Waals surface area contributed by atoms with Crippen LogP contribution in [0.15, 0.2) is 29.3 Å². The molecule has 0 amide bonds. The first-order valence-electron chi connectivity index (χ1n) is 10.3. The van der Waals surface area contributed by atoms with Gasteiger partial charge in [-0.25, -0.2) is 17.7 Å². The van der Waals surface area contributed by atoms with Crippen LogP contribution < -0.4 is 10.6 Å². The van der Waals surface area contributed by atoms with Gasteiger partial charge in [-0.1, -0.05) is 45.0 Å². The highest BCUT2D eigenvalue weighted by atomic mass is 32.2. The normalized spacial score (nSPS) is 17.5. The van der Waals surface area contributed by atoms with Gasteiger partial charge in [0.15, 0.2) is 5.96 Å². The molecule has 1 aromatic rings. The molecule has 1 aromatic carbocycles. The van der Waals surface area contributed by atoms with E-state index in [1.807, 2.05) is 6.92 Å². The summed E-state index contributed by atoms with van der Waals surface area (Å²) in [6.07, 6.45) is 1.59. The fourth-order valence-corrected chi connectivity index (χ4v) is 4.39. The average molecular weight is 409 g/mol. The van der Waals surface area contributed by atoms with Crippen molar-refractivity contribution < 1.29 is 8.42 Å². The Labute approximate surface area is 170 Å². The molecule has 6 nitrogen and oxygen atoms in total. The Balaban J connectivity index is 1.94. The molecule has 0 atom stereocenters. The van der Waals surface area contributed by atoms with Gasteiger partial charge < -0.3 is 10.6 Å². The standard InChI is InChI=1S/C21H36N4O2S/c1-6-22-20(23-16-17-8-10-18(11-9-17)21(3,4)5)24-19-12-14-25(15-13-19)28(26,27)7-2/h8-11,19H,6-7,12-16H2,1-5H3,(H2,22,23,24). The topological polar surface area (TPSA) is 73.8 Å². The van der Waals surface area contributed by atoms with E-state index in [0.29, 0.717) is 19.6 Å². The largest absolute Gasteiger partial charge is 0.357 e. The molecule has 0 aliphatic carbocycles. The maximum Gasteiger partial charge on any atom is 0.213 e. The van der Waals surface area contributed by atoms with Crippen molar-refractivity contribution in [3.63, 3.8) is 0 Å². The van der Waals surface area contributed by atoms with Crippen LogP contribution in [0.3, 0.4) is 0 Å². The first-order valence-corrected chi connectivity index (χ1v) is 11.9. The van der Waals surface area contributed by atoms with Gasteiger partial charge in [0, 0.05) is 25.7 Å². The lowest BCUT2D eigenvalue weighted by atomic mass is 9.87. The summed E-state index contributed by atoms with van der Waals surface area (Å²) in [5.41, 5.74) is 2.64. The Kier molecular flexibility index (Phi) is 7.89. The van der Waals surface area contributed by atoms with Gasteiger partial charge in [-0.05, 0) is 43.2 Å². The van der Waals surface area contributed by atoms with Crippen LogP contribution in [0.1, 0.15) is 58.6 Å². The summed E-state index contributed by atoms with van der Waals surface area (Å²) in [6, 6.07) is 8.87. The number of nitrogens with one attached hydrogen (secondary N) is 2. The van der Waals surface area contributed by atoms with E-state index in [2.05, 4.69) is 55.7 Å². The van der Waals surface area contributed by atoms with Crippen molar-refractivity contribution in [1.29, 1.82) is 0 Å². The number of hydrogen-bond donors (Lipinski definition) is 2. The molecule has 2 N–H and O–H groups in total. The summed E-state index contributed by atoms with van der Waals surface area (Å²) in [4.78, 5) is 4.72. The molecule has 0 bridgehead atoms. The molecule has 7 heteroatoms. The predicted octanol–water partition coefficient (Wildman–Crippen LogP) is 2.85. The van der Waals surface area contributed by atoms with Crippen LogP contribution in [0, 0.1) is 0 Å². The van der Waals surface area contributed by atoms with Crippen LogP contribution in [-0.2, 0) is 22.0 Å². The highest BCUT2D eigenvalue weighted by Crippen LogP contribution is 2.22.